The summed E-state index contributed by atoms with van der Waals surface area (Å²) in [7, 11) is 1.90. The zero-order valence-corrected chi connectivity index (χ0v) is 13.6. The van der Waals surface area contributed by atoms with E-state index in [4.69, 9.17) is 4.74 Å². The summed E-state index contributed by atoms with van der Waals surface area (Å²) in [6.07, 6.45) is 0.528. The van der Waals surface area contributed by atoms with Gasteiger partial charge in [0, 0.05) is 19.2 Å². The van der Waals surface area contributed by atoms with Crippen LogP contribution in [0, 0.1) is 0 Å². The van der Waals surface area contributed by atoms with Crippen molar-refractivity contribution < 1.29 is 9.53 Å². The lowest BCUT2D eigenvalue weighted by Crippen LogP contribution is -2.42. The Balaban J connectivity index is 2.22. The fourth-order valence-corrected chi connectivity index (χ4v) is 2.76. The first kappa shape index (κ1) is 14.4. The molecule has 6 heteroatoms. The molecule has 1 aliphatic heterocycles. The standard InChI is InChI=1S/C13H20BrN3O2/c1-8-10-9(11(14)16(5)15-10)6-7-17(8)12(18)19-13(2,3)4/h8H,6-7H2,1-5H3. The molecule has 0 spiro atoms. The van der Waals surface area contributed by atoms with Gasteiger partial charge in [0.05, 0.1) is 11.7 Å². The van der Waals surface area contributed by atoms with Crippen molar-refractivity contribution in [1.29, 1.82) is 0 Å². The Bertz CT molecular complexity index is 505. The quantitative estimate of drug-likeness (QED) is 0.735. The maximum atomic E-state index is 12.2. The van der Waals surface area contributed by atoms with Crippen LogP contribution in [0.1, 0.15) is 45.0 Å². The summed E-state index contributed by atoms with van der Waals surface area (Å²) in [5.41, 5.74) is 1.67. The van der Waals surface area contributed by atoms with Gasteiger partial charge in [0.15, 0.2) is 0 Å². The topological polar surface area (TPSA) is 47.4 Å². The monoisotopic (exact) mass is 329 g/mol. The number of aryl methyl sites for hydroxylation is 1. The molecule has 5 nitrogen and oxygen atoms in total. The van der Waals surface area contributed by atoms with Crippen LogP contribution in [0.25, 0.3) is 0 Å². The lowest BCUT2D eigenvalue weighted by molar-refractivity contribution is 0.0155. The second kappa shape index (κ2) is 4.81. The highest BCUT2D eigenvalue weighted by atomic mass is 79.9. The van der Waals surface area contributed by atoms with E-state index >= 15 is 0 Å². The van der Waals surface area contributed by atoms with Crippen LogP contribution in [0.4, 0.5) is 4.79 Å². The van der Waals surface area contributed by atoms with Crippen molar-refractivity contribution in [2.45, 2.75) is 45.8 Å². The van der Waals surface area contributed by atoms with E-state index < -0.39 is 5.60 Å². The lowest BCUT2D eigenvalue weighted by Gasteiger charge is -2.34. The third-order valence-electron chi connectivity index (χ3n) is 3.19. The van der Waals surface area contributed by atoms with Gasteiger partial charge in [-0.25, -0.2) is 4.79 Å². The van der Waals surface area contributed by atoms with Crippen molar-refractivity contribution in [2.75, 3.05) is 6.54 Å². The molecule has 106 valence electrons. The van der Waals surface area contributed by atoms with Crippen LogP contribution in [0.15, 0.2) is 4.60 Å². The third kappa shape index (κ3) is 2.78. The molecular formula is C13H20BrN3O2. The van der Waals surface area contributed by atoms with Gasteiger partial charge in [-0.2, -0.15) is 5.10 Å². The number of fused-ring (bicyclic) bond motifs is 1. The second-order valence-corrected chi connectivity index (χ2v) is 6.63. The van der Waals surface area contributed by atoms with E-state index in [0.29, 0.717) is 6.54 Å². The summed E-state index contributed by atoms with van der Waals surface area (Å²) >= 11 is 3.53. The summed E-state index contributed by atoms with van der Waals surface area (Å²) in [5, 5.41) is 4.48. The van der Waals surface area contributed by atoms with Gasteiger partial charge in [0.2, 0.25) is 0 Å². The van der Waals surface area contributed by atoms with Gasteiger partial charge in [-0.3, -0.25) is 9.58 Å². The number of halogens is 1. The maximum absolute atomic E-state index is 12.2. The molecule has 0 N–H and O–H groups in total. The highest BCUT2D eigenvalue weighted by Gasteiger charge is 2.34. The molecule has 1 aromatic heterocycles. The van der Waals surface area contributed by atoms with Gasteiger partial charge in [0.25, 0.3) is 0 Å². The number of ether oxygens (including phenoxy) is 1. The van der Waals surface area contributed by atoms with Crippen LogP contribution in [-0.2, 0) is 18.2 Å². The minimum atomic E-state index is -0.470. The largest absolute Gasteiger partial charge is 0.444 e. The Morgan fingerprint density at radius 2 is 2.11 bits per heavy atom. The number of hydrogen-bond donors (Lipinski definition) is 0. The lowest BCUT2D eigenvalue weighted by atomic mass is 10.0. The Hall–Kier alpha value is -1.04. The normalized spacial score (nSPS) is 19.3. The zero-order valence-electron chi connectivity index (χ0n) is 12.0. The Kier molecular flexibility index (Phi) is 3.64. The van der Waals surface area contributed by atoms with Gasteiger partial charge in [-0.15, -0.1) is 0 Å². The van der Waals surface area contributed by atoms with Crippen LogP contribution >= 0.6 is 15.9 Å². The average molecular weight is 330 g/mol. The van der Waals surface area contributed by atoms with E-state index in [-0.39, 0.29) is 12.1 Å². The number of rotatable bonds is 0. The fraction of sp³-hybridized carbons (Fsp3) is 0.692. The van der Waals surface area contributed by atoms with E-state index in [1.165, 1.54) is 5.56 Å². The Labute approximate surface area is 122 Å². The molecule has 1 amide bonds. The predicted molar refractivity (Wildman–Crippen MR) is 76.0 cm³/mol. The minimum absolute atomic E-state index is 0.0592. The van der Waals surface area contributed by atoms with Crippen molar-refractivity contribution in [3.05, 3.63) is 15.9 Å². The molecule has 0 saturated heterocycles. The molecule has 2 rings (SSSR count). The van der Waals surface area contributed by atoms with E-state index in [9.17, 15) is 4.79 Å². The van der Waals surface area contributed by atoms with Gasteiger partial charge in [-0.05, 0) is 50.0 Å². The van der Waals surface area contributed by atoms with Crippen molar-refractivity contribution in [1.82, 2.24) is 14.7 Å². The third-order valence-corrected chi connectivity index (χ3v) is 4.19. The predicted octanol–water partition coefficient (Wildman–Crippen LogP) is 3.04. The van der Waals surface area contributed by atoms with Gasteiger partial charge >= 0.3 is 6.09 Å². The molecule has 0 aliphatic carbocycles. The molecule has 1 aromatic rings. The molecule has 0 aromatic carbocycles. The fourth-order valence-electron chi connectivity index (χ4n) is 2.28. The summed E-state index contributed by atoms with van der Waals surface area (Å²) in [4.78, 5) is 13.9. The average Bonchev–Trinajstić information content (AvgIpc) is 2.55. The number of carbonyl (C=O) groups excluding carboxylic acids is 1. The SMILES string of the molecule is CC1c2nn(C)c(Br)c2CCN1C(=O)OC(C)(C)C. The number of amides is 1. The molecule has 0 saturated carbocycles. The van der Waals surface area contributed by atoms with Gasteiger partial charge < -0.3 is 4.74 Å². The number of aromatic nitrogens is 2. The van der Waals surface area contributed by atoms with Crippen LogP contribution in [0.5, 0.6) is 0 Å². The first-order chi connectivity index (χ1) is 8.70. The number of carbonyl (C=O) groups is 1. The van der Waals surface area contributed by atoms with E-state index in [0.717, 1.165) is 16.7 Å². The minimum Gasteiger partial charge on any atom is -0.444 e. The number of hydrogen-bond acceptors (Lipinski definition) is 3. The van der Waals surface area contributed by atoms with E-state index in [1.807, 2.05) is 34.7 Å². The zero-order chi connectivity index (χ0) is 14.4. The molecule has 0 bridgehead atoms. The molecule has 0 radical (unpaired) electrons. The van der Waals surface area contributed by atoms with Crippen LogP contribution in [0.2, 0.25) is 0 Å². The van der Waals surface area contributed by atoms with Crippen molar-refractivity contribution in [3.8, 4) is 0 Å². The molecule has 1 atom stereocenters. The van der Waals surface area contributed by atoms with Crippen molar-refractivity contribution >= 4 is 22.0 Å². The molecule has 0 fully saturated rings. The summed E-state index contributed by atoms with van der Waals surface area (Å²) in [5.74, 6) is 0. The Morgan fingerprint density at radius 1 is 1.47 bits per heavy atom. The Morgan fingerprint density at radius 3 is 2.68 bits per heavy atom. The summed E-state index contributed by atoms with van der Waals surface area (Å²) < 4.78 is 8.24. The first-order valence-corrected chi connectivity index (χ1v) is 7.21. The number of nitrogens with zero attached hydrogens (tertiary/aromatic N) is 3. The highest BCUT2D eigenvalue weighted by Crippen LogP contribution is 2.33. The van der Waals surface area contributed by atoms with Crippen LogP contribution < -0.4 is 0 Å². The molecular weight excluding hydrogens is 310 g/mol. The van der Waals surface area contributed by atoms with Crippen LogP contribution in [-0.4, -0.2) is 32.9 Å². The molecule has 19 heavy (non-hydrogen) atoms. The second-order valence-electron chi connectivity index (χ2n) is 5.88. The highest BCUT2D eigenvalue weighted by molar-refractivity contribution is 9.10. The molecule has 2 heterocycles. The van der Waals surface area contributed by atoms with E-state index in [2.05, 4.69) is 21.0 Å². The maximum Gasteiger partial charge on any atom is 0.410 e. The van der Waals surface area contributed by atoms with E-state index in [1.54, 1.807) is 9.58 Å². The van der Waals surface area contributed by atoms with Crippen molar-refractivity contribution in [3.63, 3.8) is 0 Å². The summed E-state index contributed by atoms with van der Waals surface area (Å²) in [6, 6.07) is -0.0592. The van der Waals surface area contributed by atoms with Crippen LogP contribution in [0.3, 0.4) is 0 Å². The summed E-state index contributed by atoms with van der Waals surface area (Å²) in [6.45, 7) is 8.28. The van der Waals surface area contributed by atoms with Crippen molar-refractivity contribution in [2.24, 2.45) is 7.05 Å². The van der Waals surface area contributed by atoms with Gasteiger partial charge in [-0.1, -0.05) is 0 Å². The molecule has 1 unspecified atom stereocenters. The molecule has 1 aliphatic rings. The first-order valence-electron chi connectivity index (χ1n) is 6.41. The van der Waals surface area contributed by atoms with Gasteiger partial charge in [0.1, 0.15) is 10.2 Å². The smallest absolute Gasteiger partial charge is 0.410 e.